The van der Waals surface area contributed by atoms with Gasteiger partial charge < -0.3 is 21.4 Å². The summed E-state index contributed by atoms with van der Waals surface area (Å²) < 4.78 is 0.690. The lowest BCUT2D eigenvalue weighted by Gasteiger charge is -2.22. The van der Waals surface area contributed by atoms with Gasteiger partial charge in [-0.25, -0.2) is 0 Å². The average molecular weight is 433 g/mol. The minimum atomic E-state index is -1.06. The Balaban J connectivity index is 1.69. The van der Waals surface area contributed by atoms with Crippen molar-refractivity contribution in [1.29, 1.82) is 0 Å². The Morgan fingerprint density at radius 3 is 2.22 bits per heavy atom. The zero-order valence-electron chi connectivity index (χ0n) is 17.4. The second kappa shape index (κ2) is 9.74. The number of carbonyl (C=O) groups is 3. The highest BCUT2D eigenvalue weighted by Gasteiger charge is 2.27. The molecule has 0 aliphatic carbocycles. The third kappa shape index (κ3) is 5.48. The van der Waals surface area contributed by atoms with Crippen molar-refractivity contribution in [1.82, 2.24) is 5.32 Å². The smallest absolute Gasteiger partial charge is 0.308 e. The number of rotatable bonds is 8. The number of pyridine rings is 1. The van der Waals surface area contributed by atoms with Gasteiger partial charge >= 0.3 is 5.97 Å². The van der Waals surface area contributed by atoms with Crippen molar-refractivity contribution in [3.05, 3.63) is 95.0 Å². The van der Waals surface area contributed by atoms with Gasteiger partial charge in [-0.05, 0) is 54.3 Å². The van der Waals surface area contributed by atoms with Crippen LogP contribution < -0.4 is 15.8 Å². The zero-order chi connectivity index (χ0) is 23.3. The molecular weight excluding hydrogens is 410 g/mol. The number of amides is 2. The van der Waals surface area contributed by atoms with Crippen molar-refractivity contribution < 1.29 is 24.2 Å². The maximum Gasteiger partial charge on any atom is 0.308 e. The first-order valence-electron chi connectivity index (χ1n) is 9.96. The van der Waals surface area contributed by atoms with E-state index in [1.807, 2.05) is 0 Å². The Morgan fingerprint density at radius 2 is 1.62 bits per heavy atom. The Hall–Kier alpha value is -4.20. The van der Waals surface area contributed by atoms with Crippen molar-refractivity contribution in [2.75, 3.05) is 0 Å². The van der Waals surface area contributed by atoms with Gasteiger partial charge in [0.2, 0.25) is 5.91 Å². The summed E-state index contributed by atoms with van der Waals surface area (Å²) >= 11 is 0. The summed E-state index contributed by atoms with van der Waals surface area (Å²) in [6.07, 6.45) is 2.91. The van der Waals surface area contributed by atoms with Crippen LogP contribution in [0.15, 0.2) is 73.1 Å². The fourth-order valence-electron chi connectivity index (χ4n) is 3.39. The molecule has 164 valence electrons. The minimum Gasteiger partial charge on any atom is -0.619 e. The van der Waals surface area contributed by atoms with Crippen LogP contribution in [0.25, 0.3) is 11.1 Å². The Morgan fingerprint density at radius 1 is 1.00 bits per heavy atom. The first-order valence-corrected chi connectivity index (χ1v) is 9.96. The first-order chi connectivity index (χ1) is 15.2. The predicted molar refractivity (Wildman–Crippen MR) is 118 cm³/mol. The number of aliphatic carboxylic acids is 1. The molecule has 8 nitrogen and oxygen atoms in total. The van der Waals surface area contributed by atoms with E-state index in [0.717, 1.165) is 11.1 Å². The molecule has 0 bridgehead atoms. The third-order valence-electron chi connectivity index (χ3n) is 5.23. The summed E-state index contributed by atoms with van der Waals surface area (Å²) in [5.41, 5.74) is 8.29. The van der Waals surface area contributed by atoms with Crippen LogP contribution in [0.2, 0.25) is 0 Å². The average Bonchev–Trinajstić information content (AvgIpc) is 2.78. The van der Waals surface area contributed by atoms with Gasteiger partial charge in [-0.3, -0.25) is 14.4 Å². The fourth-order valence-corrected chi connectivity index (χ4v) is 3.39. The van der Waals surface area contributed by atoms with Gasteiger partial charge in [0.05, 0.1) is 5.92 Å². The normalized spacial score (nSPS) is 12.5. The van der Waals surface area contributed by atoms with Crippen LogP contribution in [0, 0.1) is 11.1 Å². The second-order valence-corrected chi connectivity index (χ2v) is 7.50. The monoisotopic (exact) mass is 433 g/mol. The minimum absolute atomic E-state index is 0.130. The Kier molecular flexibility index (Phi) is 6.84. The highest BCUT2D eigenvalue weighted by Crippen LogP contribution is 2.19. The molecule has 0 aliphatic heterocycles. The van der Waals surface area contributed by atoms with Crippen LogP contribution in [0.5, 0.6) is 0 Å². The second-order valence-electron chi connectivity index (χ2n) is 7.50. The molecule has 0 spiro atoms. The van der Waals surface area contributed by atoms with E-state index in [-0.39, 0.29) is 6.42 Å². The number of carboxylic acid groups (broad SMARTS) is 1. The van der Waals surface area contributed by atoms with Gasteiger partial charge in [-0.1, -0.05) is 24.3 Å². The van der Waals surface area contributed by atoms with Gasteiger partial charge in [0, 0.05) is 29.3 Å². The van der Waals surface area contributed by atoms with Crippen LogP contribution in [0.3, 0.4) is 0 Å². The molecule has 0 saturated heterocycles. The van der Waals surface area contributed by atoms with E-state index < -0.39 is 29.7 Å². The van der Waals surface area contributed by atoms with Crippen LogP contribution in [-0.2, 0) is 11.2 Å². The van der Waals surface area contributed by atoms with Gasteiger partial charge in [-0.15, -0.1) is 0 Å². The van der Waals surface area contributed by atoms with Crippen LogP contribution in [0.1, 0.15) is 33.2 Å². The number of nitrogens with zero attached hydrogens (tertiary/aromatic N) is 1. The standard InChI is InChI=1S/C24H23N3O5/c1-15(21(24(30)31)14-16-3-2-4-20(13-16)22(25)28)26-23(29)19-7-5-17(6-8-19)18-9-11-27(32)12-10-18/h2-13,15,21H,14H2,1H3,(H2,25,28)(H,26,29)(H,30,31)/t15-,21-/m1/s1. The molecule has 0 unspecified atom stereocenters. The van der Waals surface area contributed by atoms with Crippen molar-refractivity contribution >= 4 is 17.8 Å². The molecule has 4 N–H and O–H groups in total. The third-order valence-corrected chi connectivity index (χ3v) is 5.23. The van der Waals surface area contributed by atoms with Crippen LogP contribution in [-0.4, -0.2) is 28.9 Å². The highest BCUT2D eigenvalue weighted by atomic mass is 16.5. The number of carboxylic acids is 1. The number of hydrogen-bond acceptors (Lipinski definition) is 4. The Bertz CT molecular complexity index is 1130. The molecule has 3 rings (SSSR count). The molecule has 0 aliphatic rings. The SMILES string of the molecule is C[C@@H](NC(=O)c1ccc(-c2cc[n+]([O-])cc2)cc1)[C@@H](Cc1cccc(C(N)=O)c1)C(=O)O. The largest absolute Gasteiger partial charge is 0.619 e. The van der Waals surface area contributed by atoms with Gasteiger partial charge in [0.1, 0.15) is 0 Å². The number of primary amides is 1. The first kappa shape index (κ1) is 22.5. The lowest BCUT2D eigenvalue weighted by Crippen LogP contribution is -2.42. The lowest BCUT2D eigenvalue weighted by atomic mass is 9.92. The fraction of sp³-hybridized carbons (Fsp3) is 0.167. The highest BCUT2D eigenvalue weighted by molar-refractivity contribution is 5.95. The number of benzene rings is 2. The van der Waals surface area contributed by atoms with E-state index in [4.69, 9.17) is 5.73 Å². The maximum absolute atomic E-state index is 12.7. The number of nitrogens with one attached hydrogen (secondary N) is 1. The van der Waals surface area contributed by atoms with E-state index in [1.54, 1.807) is 67.6 Å². The van der Waals surface area contributed by atoms with Crippen molar-refractivity contribution in [3.8, 4) is 11.1 Å². The topological polar surface area (TPSA) is 136 Å². The van der Waals surface area contributed by atoms with Crippen LogP contribution >= 0.6 is 0 Å². The zero-order valence-corrected chi connectivity index (χ0v) is 17.4. The molecule has 3 aromatic rings. The molecule has 0 saturated carbocycles. The lowest BCUT2D eigenvalue weighted by molar-refractivity contribution is -0.605. The summed E-state index contributed by atoms with van der Waals surface area (Å²) in [5, 5.41) is 23.6. The summed E-state index contributed by atoms with van der Waals surface area (Å²) in [6, 6.07) is 16.0. The molecule has 1 aromatic heterocycles. The molecule has 2 amide bonds. The molecular formula is C24H23N3O5. The molecule has 8 heteroatoms. The van der Waals surface area contributed by atoms with Gasteiger partial charge in [-0.2, -0.15) is 4.73 Å². The number of hydrogen-bond donors (Lipinski definition) is 3. The molecule has 2 aromatic carbocycles. The van der Waals surface area contributed by atoms with Crippen molar-refractivity contribution in [2.45, 2.75) is 19.4 Å². The van der Waals surface area contributed by atoms with Crippen LogP contribution in [0.4, 0.5) is 0 Å². The summed E-state index contributed by atoms with van der Waals surface area (Å²) in [5.74, 6) is -2.94. The predicted octanol–water partition coefficient (Wildman–Crippen LogP) is 2.15. The number of carbonyl (C=O) groups excluding carboxylic acids is 2. The Labute approximate surface area is 184 Å². The van der Waals surface area contributed by atoms with Gasteiger partial charge in [0.15, 0.2) is 12.4 Å². The van der Waals surface area contributed by atoms with E-state index in [1.165, 1.54) is 12.4 Å². The number of aromatic nitrogens is 1. The van der Waals surface area contributed by atoms with Crippen molar-refractivity contribution in [3.63, 3.8) is 0 Å². The number of nitrogens with two attached hydrogens (primary N) is 1. The molecule has 0 fully saturated rings. The maximum atomic E-state index is 12.7. The quantitative estimate of drug-likeness (QED) is 0.369. The van der Waals surface area contributed by atoms with Gasteiger partial charge in [0.25, 0.3) is 5.91 Å². The van der Waals surface area contributed by atoms with E-state index in [2.05, 4.69) is 5.32 Å². The van der Waals surface area contributed by atoms with E-state index >= 15 is 0 Å². The molecule has 32 heavy (non-hydrogen) atoms. The summed E-state index contributed by atoms with van der Waals surface area (Å²) in [4.78, 5) is 35.9. The van der Waals surface area contributed by atoms with Crippen molar-refractivity contribution in [2.24, 2.45) is 11.7 Å². The summed E-state index contributed by atoms with van der Waals surface area (Å²) in [7, 11) is 0. The summed E-state index contributed by atoms with van der Waals surface area (Å²) in [6.45, 7) is 1.63. The molecule has 2 atom stereocenters. The molecule has 1 heterocycles. The molecule has 0 radical (unpaired) electrons. The van der Waals surface area contributed by atoms with E-state index in [0.29, 0.717) is 21.4 Å². The van der Waals surface area contributed by atoms with E-state index in [9.17, 15) is 24.7 Å².